The van der Waals surface area contributed by atoms with Crippen LogP contribution in [0.15, 0.2) is 41.4 Å². The molecule has 23 heavy (non-hydrogen) atoms. The molecule has 1 aliphatic rings. The summed E-state index contributed by atoms with van der Waals surface area (Å²) in [6.07, 6.45) is 1.85. The number of hydrogen-bond acceptors (Lipinski definition) is 5. The van der Waals surface area contributed by atoms with E-state index in [0.29, 0.717) is 18.0 Å². The topological polar surface area (TPSA) is 62.7 Å². The lowest BCUT2D eigenvalue weighted by Crippen LogP contribution is -2.25. The van der Waals surface area contributed by atoms with Gasteiger partial charge in [-0.2, -0.15) is 0 Å². The van der Waals surface area contributed by atoms with E-state index in [0.717, 1.165) is 24.4 Å². The van der Waals surface area contributed by atoms with Crippen LogP contribution in [0.4, 0.5) is 0 Å². The van der Waals surface area contributed by atoms with Gasteiger partial charge < -0.3 is 9.84 Å². The monoisotopic (exact) mass is 330 g/mol. The highest BCUT2D eigenvalue weighted by molar-refractivity contribution is 7.99. The highest BCUT2D eigenvalue weighted by atomic mass is 32.2. The molecule has 0 atom stereocenters. The van der Waals surface area contributed by atoms with Crippen molar-refractivity contribution in [1.29, 1.82) is 0 Å². The highest BCUT2D eigenvalue weighted by Gasteiger charge is 2.18. The minimum Gasteiger partial charge on any atom is -0.481 e. The summed E-state index contributed by atoms with van der Waals surface area (Å²) >= 11 is 1.78. The summed E-state index contributed by atoms with van der Waals surface area (Å²) in [6, 6.07) is 9.15. The standard InChI is InChI=1S/C17H18N2O3S/c1-22-16-8-13-11-19(6-7-23-15(13)9-18-16)10-12-4-2-3-5-14(12)17(20)21/h2-5,8-9H,6-7,10-11H2,1H3,(H,20,21). The summed E-state index contributed by atoms with van der Waals surface area (Å²) in [6.45, 7) is 2.28. The molecule has 0 radical (unpaired) electrons. The summed E-state index contributed by atoms with van der Waals surface area (Å²) in [5, 5.41) is 9.33. The van der Waals surface area contributed by atoms with Gasteiger partial charge in [-0.15, -0.1) is 11.8 Å². The first-order chi connectivity index (χ1) is 11.2. The van der Waals surface area contributed by atoms with Gasteiger partial charge in [0.2, 0.25) is 5.88 Å². The van der Waals surface area contributed by atoms with Gasteiger partial charge in [-0.3, -0.25) is 4.90 Å². The second-order valence-electron chi connectivity index (χ2n) is 5.36. The Morgan fingerprint density at radius 2 is 2.26 bits per heavy atom. The molecule has 0 saturated carbocycles. The third kappa shape index (κ3) is 3.65. The van der Waals surface area contributed by atoms with Crippen molar-refractivity contribution in [2.45, 2.75) is 18.0 Å². The molecule has 3 rings (SSSR count). The molecular weight excluding hydrogens is 312 g/mol. The molecule has 1 aliphatic heterocycles. The maximum absolute atomic E-state index is 11.4. The van der Waals surface area contributed by atoms with Gasteiger partial charge >= 0.3 is 5.97 Å². The number of benzene rings is 1. The van der Waals surface area contributed by atoms with Crippen LogP contribution >= 0.6 is 11.8 Å². The van der Waals surface area contributed by atoms with Gasteiger partial charge in [-0.25, -0.2) is 9.78 Å². The van der Waals surface area contributed by atoms with Crippen molar-refractivity contribution in [1.82, 2.24) is 9.88 Å². The van der Waals surface area contributed by atoms with E-state index in [9.17, 15) is 9.90 Å². The van der Waals surface area contributed by atoms with Crippen LogP contribution in [-0.2, 0) is 13.1 Å². The number of ether oxygens (including phenoxy) is 1. The van der Waals surface area contributed by atoms with Crippen molar-refractivity contribution in [3.63, 3.8) is 0 Å². The first-order valence-electron chi connectivity index (χ1n) is 7.36. The Morgan fingerprint density at radius 1 is 1.43 bits per heavy atom. The SMILES string of the molecule is COc1cc2c(cn1)SCCN(Cc1ccccc1C(=O)O)C2. The summed E-state index contributed by atoms with van der Waals surface area (Å²) in [5.74, 6) is 0.684. The van der Waals surface area contributed by atoms with Crippen LogP contribution in [-0.4, -0.2) is 40.4 Å². The molecule has 2 heterocycles. The number of aromatic nitrogens is 1. The van der Waals surface area contributed by atoms with Gasteiger partial charge in [0.05, 0.1) is 12.7 Å². The Balaban J connectivity index is 1.83. The summed E-state index contributed by atoms with van der Waals surface area (Å²) in [5.41, 5.74) is 2.39. The third-order valence-electron chi connectivity index (χ3n) is 3.83. The van der Waals surface area contributed by atoms with E-state index in [2.05, 4.69) is 9.88 Å². The third-order valence-corrected chi connectivity index (χ3v) is 4.90. The fourth-order valence-corrected chi connectivity index (χ4v) is 3.68. The lowest BCUT2D eigenvalue weighted by Gasteiger charge is -2.21. The molecule has 1 aromatic heterocycles. The largest absolute Gasteiger partial charge is 0.481 e. The first-order valence-corrected chi connectivity index (χ1v) is 8.35. The Kier molecular flexibility index (Phi) is 4.83. The summed E-state index contributed by atoms with van der Waals surface area (Å²) in [7, 11) is 1.61. The van der Waals surface area contributed by atoms with Crippen LogP contribution in [0.25, 0.3) is 0 Å². The van der Waals surface area contributed by atoms with Crippen molar-refractivity contribution in [2.75, 3.05) is 19.4 Å². The first kappa shape index (κ1) is 15.8. The average molecular weight is 330 g/mol. The molecule has 120 valence electrons. The number of carboxylic acid groups (broad SMARTS) is 1. The van der Waals surface area contributed by atoms with Gasteiger partial charge in [0.15, 0.2) is 0 Å². The number of fused-ring (bicyclic) bond motifs is 1. The molecule has 1 aromatic carbocycles. The molecule has 2 aromatic rings. The highest BCUT2D eigenvalue weighted by Crippen LogP contribution is 2.29. The zero-order valence-corrected chi connectivity index (χ0v) is 13.7. The van der Waals surface area contributed by atoms with E-state index < -0.39 is 5.97 Å². The summed E-state index contributed by atoms with van der Waals surface area (Å²) in [4.78, 5) is 19.1. The zero-order valence-electron chi connectivity index (χ0n) is 12.9. The van der Waals surface area contributed by atoms with E-state index in [1.54, 1.807) is 31.0 Å². The Hall–Kier alpha value is -2.05. The van der Waals surface area contributed by atoms with E-state index in [1.165, 1.54) is 10.5 Å². The van der Waals surface area contributed by atoms with E-state index >= 15 is 0 Å². The number of pyridine rings is 1. The number of nitrogens with zero attached hydrogens (tertiary/aromatic N) is 2. The molecule has 0 bridgehead atoms. The fourth-order valence-electron chi connectivity index (χ4n) is 2.68. The van der Waals surface area contributed by atoms with Crippen LogP contribution in [0.5, 0.6) is 5.88 Å². The lowest BCUT2D eigenvalue weighted by molar-refractivity contribution is 0.0694. The van der Waals surface area contributed by atoms with Gasteiger partial charge in [-0.1, -0.05) is 18.2 Å². The van der Waals surface area contributed by atoms with E-state index in [-0.39, 0.29) is 0 Å². The van der Waals surface area contributed by atoms with Crippen molar-refractivity contribution < 1.29 is 14.6 Å². The molecule has 0 fully saturated rings. The van der Waals surface area contributed by atoms with Gasteiger partial charge in [0, 0.05) is 42.5 Å². The predicted octanol–water partition coefficient (Wildman–Crippen LogP) is 2.90. The molecule has 0 spiro atoms. The molecule has 0 aliphatic carbocycles. The molecule has 5 nitrogen and oxygen atoms in total. The smallest absolute Gasteiger partial charge is 0.336 e. The second-order valence-corrected chi connectivity index (χ2v) is 6.49. The van der Waals surface area contributed by atoms with Crippen molar-refractivity contribution in [3.8, 4) is 5.88 Å². The van der Waals surface area contributed by atoms with Crippen molar-refractivity contribution in [2.24, 2.45) is 0 Å². The van der Waals surface area contributed by atoms with Gasteiger partial charge in [0.1, 0.15) is 0 Å². The Labute approximate surface area is 139 Å². The van der Waals surface area contributed by atoms with Crippen molar-refractivity contribution in [3.05, 3.63) is 53.2 Å². The summed E-state index contributed by atoms with van der Waals surface area (Å²) < 4.78 is 5.21. The van der Waals surface area contributed by atoms with E-state index in [4.69, 9.17) is 4.74 Å². The molecule has 0 amide bonds. The maximum Gasteiger partial charge on any atom is 0.336 e. The number of hydrogen-bond donors (Lipinski definition) is 1. The quantitative estimate of drug-likeness (QED) is 0.930. The number of thioether (sulfide) groups is 1. The lowest BCUT2D eigenvalue weighted by atomic mass is 10.1. The molecule has 1 N–H and O–H groups in total. The van der Waals surface area contributed by atoms with Crippen LogP contribution in [0.1, 0.15) is 21.5 Å². The Bertz CT molecular complexity index is 721. The second kappa shape index (κ2) is 7.02. The molecule has 0 saturated heterocycles. The minimum absolute atomic E-state index is 0.372. The van der Waals surface area contributed by atoms with Gasteiger partial charge in [0.25, 0.3) is 0 Å². The predicted molar refractivity (Wildman–Crippen MR) is 89.0 cm³/mol. The molecule has 0 unspecified atom stereocenters. The minimum atomic E-state index is -0.879. The van der Waals surface area contributed by atoms with Crippen LogP contribution in [0.3, 0.4) is 0 Å². The fraction of sp³-hybridized carbons (Fsp3) is 0.294. The number of aromatic carboxylic acids is 1. The van der Waals surface area contributed by atoms with Crippen LogP contribution < -0.4 is 4.74 Å². The number of rotatable bonds is 4. The molecular formula is C17H18N2O3S. The number of carboxylic acids is 1. The maximum atomic E-state index is 11.4. The number of carbonyl (C=O) groups is 1. The van der Waals surface area contributed by atoms with Gasteiger partial charge in [-0.05, 0) is 17.2 Å². The van der Waals surface area contributed by atoms with Crippen LogP contribution in [0.2, 0.25) is 0 Å². The Morgan fingerprint density at radius 3 is 3.04 bits per heavy atom. The molecule has 6 heteroatoms. The number of methoxy groups -OCH3 is 1. The van der Waals surface area contributed by atoms with E-state index in [1.807, 2.05) is 24.4 Å². The van der Waals surface area contributed by atoms with Crippen LogP contribution in [0, 0.1) is 0 Å². The van der Waals surface area contributed by atoms with Crippen molar-refractivity contribution >= 4 is 17.7 Å². The zero-order chi connectivity index (χ0) is 16.2. The average Bonchev–Trinajstić information content (AvgIpc) is 2.76. The normalized spacial score (nSPS) is 14.8.